The second kappa shape index (κ2) is 7.70. The molecule has 1 fully saturated rings. The van der Waals surface area contributed by atoms with Gasteiger partial charge in [0, 0.05) is 26.2 Å². The highest BCUT2D eigenvalue weighted by Gasteiger charge is 2.32. The Hall–Kier alpha value is -2.34. The maximum atomic E-state index is 13.7. The molecule has 1 heterocycles. The highest BCUT2D eigenvalue weighted by Crippen LogP contribution is 2.24. The second-order valence-electron chi connectivity index (χ2n) is 5.63. The van der Waals surface area contributed by atoms with Crippen molar-refractivity contribution in [2.45, 2.75) is 19.2 Å². The van der Waals surface area contributed by atoms with Crippen LogP contribution in [0.3, 0.4) is 0 Å². The molecule has 0 aliphatic carbocycles. The minimum atomic E-state index is -4.49. The molecule has 25 heavy (non-hydrogen) atoms. The lowest BCUT2D eigenvalue weighted by Crippen LogP contribution is -2.51. The Morgan fingerprint density at radius 2 is 1.96 bits per heavy atom. The van der Waals surface area contributed by atoms with Crippen LogP contribution in [-0.4, -0.2) is 55.9 Å². The molecule has 2 rings (SSSR count). The summed E-state index contributed by atoms with van der Waals surface area (Å²) in [5, 5.41) is 9.08. The summed E-state index contributed by atoms with van der Waals surface area (Å²) in [4.78, 5) is 15.3. The van der Waals surface area contributed by atoms with Gasteiger partial charge in [-0.2, -0.15) is 18.4 Å². The van der Waals surface area contributed by atoms with E-state index in [1.54, 1.807) is 11.0 Å². The average Bonchev–Trinajstić information content (AvgIpc) is 2.58. The molecule has 1 aliphatic heterocycles. The van der Waals surface area contributed by atoms with E-state index in [4.69, 9.17) is 5.26 Å². The smallest absolute Gasteiger partial charge is 0.367 e. The van der Waals surface area contributed by atoms with Gasteiger partial charge in [0.2, 0.25) is 0 Å². The summed E-state index contributed by atoms with van der Waals surface area (Å²) in [7, 11) is 0. The molecule has 0 saturated carbocycles. The zero-order valence-corrected chi connectivity index (χ0v) is 13.5. The third kappa shape index (κ3) is 4.82. The number of ether oxygens (including phenoxy) is 1. The Labute approximate surface area is 142 Å². The lowest BCUT2D eigenvalue weighted by atomic mass is 10.1. The van der Waals surface area contributed by atoms with Crippen LogP contribution in [0.4, 0.5) is 23.2 Å². The van der Waals surface area contributed by atoms with Gasteiger partial charge in [-0.1, -0.05) is 6.07 Å². The molecule has 5 nitrogen and oxygen atoms in total. The van der Waals surface area contributed by atoms with Gasteiger partial charge < -0.3 is 14.5 Å². The van der Waals surface area contributed by atoms with Crippen molar-refractivity contribution in [3.63, 3.8) is 0 Å². The predicted molar refractivity (Wildman–Crippen MR) is 81.4 cm³/mol. The number of halogens is 4. The Kier molecular flexibility index (Phi) is 5.85. The van der Waals surface area contributed by atoms with E-state index in [0.717, 1.165) is 0 Å². The Bertz CT molecular complexity index is 664. The molecular formula is C16H17F4N3O2. The number of alkyl halides is 3. The summed E-state index contributed by atoms with van der Waals surface area (Å²) in [6.45, 7) is 0.987. The van der Waals surface area contributed by atoms with Crippen molar-refractivity contribution in [1.82, 2.24) is 4.90 Å². The topological polar surface area (TPSA) is 56.6 Å². The molecule has 136 valence electrons. The first-order chi connectivity index (χ1) is 11.7. The molecule has 1 aromatic rings. The maximum Gasteiger partial charge on any atom is 0.411 e. The molecule has 0 bridgehead atoms. The van der Waals surface area contributed by atoms with Gasteiger partial charge in [-0.25, -0.2) is 4.39 Å². The molecule has 0 radical (unpaired) electrons. The number of rotatable bonds is 4. The molecule has 0 N–H and O–H groups in total. The summed E-state index contributed by atoms with van der Waals surface area (Å²) < 4.78 is 54.7. The second-order valence-corrected chi connectivity index (χ2v) is 5.63. The van der Waals surface area contributed by atoms with Crippen LogP contribution in [0.1, 0.15) is 12.5 Å². The fraction of sp³-hybridized carbons (Fsp3) is 0.500. The van der Waals surface area contributed by atoms with Crippen LogP contribution in [0.5, 0.6) is 0 Å². The largest absolute Gasteiger partial charge is 0.411 e. The van der Waals surface area contributed by atoms with Crippen LogP contribution in [-0.2, 0) is 9.53 Å². The van der Waals surface area contributed by atoms with Gasteiger partial charge >= 0.3 is 6.18 Å². The van der Waals surface area contributed by atoms with Crippen LogP contribution in [0.15, 0.2) is 18.2 Å². The number of carbonyl (C=O) groups is 1. The predicted octanol–water partition coefficient (Wildman–Crippen LogP) is 2.31. The van der Waals surface area contributed by atoms with E-state index >= 15 is 0 Å². The van der Waals surface area contributed by atoms with Crippen molar-refractivity contribution in [3.8, 4) is 6.07 Å². The number of benzene rings is 1. The summed E-state index contributed by atoms with van der Waals surface area (Å²) >= 11 is 0. The summed E-state index contributed by atoms with van der Waals surface area (Å²) in [5.41, 5.74) is 0.375. The zero-order chi connectivity index (χ0) is 18.6. The van der Waals surface area contributed by atoms with Gasteiger partial charge in [-0.15, -0.1) is 0 Å². The van der Waals surface area contributed by atoms with Gasteiger partial charge in [-0.05, 0) is 19.1 Å². The number of hydrogen-bond acceptors (Lipinski definition) is 4. The number of anilines is 1. The quantitative estimate of drug-likeness (QED) is 0.775. The van der Waals surface area contributed by atoms with Crippen LogP contribution < -0.4 is 4.90 Å². The zero-order valence-electron chi connectivity index (χ0n) is 13.5. The van der Waals surface area contributed by atoms with Gasteiger partial charge in [0.05, 0.1) is 5.69 Å². The minimum Gasteiger partial charge on any atom is -0.367 e. The molecule has 1 atom stereocenters. The van der Waals surface area contributed by atoms with E-state index in [9.17, 15) is 22.4 Å². The third-order valence-corrected chi connectivity index (χ3v) is 3.88. The molecular weight excluding hydrogens is 342 g/mol. The fourth-order valence-corrected chi connectivity index (χ4v) is 2.60. The monoisotopic (exact) mass is 359 g/mol. The number of nitriles is 1. The van der Waals surface area contributed by atoms with E-state index < -0.39 is 30.6 Å². The van der Waals surface area contributed by atoms with E-state index in [-0.39, 0.29) is 18.7 Å². The maximum absolute atomic E-state index is 13.7. The molecule has 0 spiro atoms. The molecule has 9 heteroatoms. The number of hydrogen-bond donors (Lipinski definition) is 0. The molecule has 0 aromatic heterocycles. The Balaban J connectivity index is 1.95. The highest BCUT2D eigenvalue weighted by atomic mass is 19.4. The van der Waals surface area contributed by atoms with Crippen LogP contribution in [0, 0.1) is 17.1 Å². The van der Waals surface area contributed by atoms with Gasteiger partial charge in [-0.3, -0.25) is 4.79 Å². The summed E-state index contributed by atoms with van der Waals surface area (Å²) in [5.74, 6) is -1.14. The lowest BCUT2D eigenvalue weighted by molar-refractivity contribution is -0.188. The summed E-state index contributed by atoms with van der Waals surface area (Å²) in [6.07, 6.45) is -5.68. The number of carbonyl (C=O) groups excluding carboxylic acids is 1. The number of nitrogens with zero attached hydrogens (tertiary/aromatic N) is 3. The van der Waals surface area contributed by atoms with Crippen molar-refractivity contribution in [1.29, 1.82) is 5.26 Å². The van der Waals surface area contributed by atoms with Crippen LogP contribution in [0.2, 0.25) is 0 Å². The first-order valence-corrected chi connectivity index (χ1v) is 7.63. The van der Waals surface area contributed by atoms with E-state index in [1.807, 2.05) is 6.07 Å². The van der Waals surface area contributed by atoms with E-state index in [0.29, 0.717) is 18.8 Å². The third-order valence-electron chi connectivity index (χ3n) is 3.88. The van der Waals surface area contributed by atoms with Gasteiger partial charge in [0.1, 0.15) is 30.2 Å². The lowest BCUT2D eigenvalue weighted by Gasteiger charge is -2.37. The standard InChI is InChI=1S/C16H17F4N3O2/c1-11(25-10-16(18,19)20)15(24)23-7-5-22(6-8-23)14-4-2-3-13(17)12(14)9-21/h2-4,11H,5-8,10H2,1H3/t11-/m0/s1. The van der Waals surface area contributed by atoms with Crippen molar-refractivity contribution in [2.24, 2.45) is 0 Å². The average molecular weight is 359 g/mol. The molecule has 1 aliphatic rings. The Morgan fingerprint density at radius 1 is 1.32 bits per heavy atom. The molecule has 0 unspecified atom stereocenters. The van der Waals surface area contributed by atoms with Crippen molar-refractivity contribution >= 4 is 11.6 Å². The molecule has 1 aromatic carbocycles. The van der Waals surface area contributed by atoms with Crippen molar-refractivity contribution < 1.29 is 27.1 Å². The van der Waals surface area contributed by atoms with Crippen molar-refractivity contribution in [2.75, 3.05) is 37.7 Å². The van der Waals surface area contributed by atoms with Gasteiger partial charge in [0.25, 0.3) is 5.91 Å². The fourth-order valence-electron chi connectivity index (χ4n) is 2.60. The number of amides is 1. The van der Waals surface area contributed by atoms with Crippen molar-refractivity contribution in [3.05, 3.63) is 29.6 Å². The first kappa shape index (κ1) is 19.0. The Morgan fingerprint density at radius 3 is 2.52 bits per heavy atom. The minimum absolute atomic E-state index is 0.0656. The molecule has 1 saturated heterocycles. The number of piperazine rings is 1. The van der Waals surface area contributed by atoms with E-state index in [2.05, 4.69) is 4.74 Å². The normalized spacial score (nSPS) is 16.5. The van der Waals surface area contributed by atoms with Crippen LogP contribution in [0.25, 0.3) is 0 Å². The first-order valence-electron chi connectivity index (χ1n) is 7.63. The highest BCUT2D eigenvalue weighted by molar-refractivity contribution is 5.81. The van der Waals surface area contributed by atoms with E-state index in [1.165, 1.54) is 24.0 Å². The summed E-state index contributed by atoms with van der Waals surface area (Å²) in [6, 6.07) is 6.13. The van der Waals surface area contributed by atoms with Crippen LogP contribution >= 0.6 is 0 Å². The molecule has 1 amide bonds. The van der Waals surface area contributed by atoms with Gasteiger partial charge in [0.15, 0.2) is 0 Å². The SMILES string of the molecule is C[C@H](OCC(F)(F)F)C(=O)N1CCN(c2cccc(F)c2C#N)CC1.